The minimum absolute atomic E-state index is 0.0217. The van der Waals surface area contributed by atoms with E-state index in [-0.39, 0.29) is 34.2 Å². The summed E-state index contributed by atoms with van der Waals surface area (Å²) in [5.41, 5.74) is -0.322. The summed E-state index contributed by atoms with van der Waals surface area (Å²) in [5.74, 6) is -1.01. The first-order chi connectivity index (χ1) is 11.7. The molecule has 0 aromatic carbocycles. The van der Waals surface area contributed by atoms with Crippen LogP contribution in [0, 0.1) is 5.41 Å². The maximum Gasteiger partial charge on any atom is 0.336 e. The lowest BCUT2D eigenvalue weighted by molar-refractivity contribution is -0.142. The lowest BCUT2D eigenvalue weighted by Gasteiger charge is -2.37. The summed E-state index contributed by atoms with van der Waals surface area (Å²) in [4.78, 5) is 25.4. The molecular weight excluding hydrogens is 364 g/mol. The second-order valence-corrected chi connectivity index (χ2v) is 10.00. The summed E-state index contributed by atoms with van der Waals surface area (Å²) in [7, 11) is -3.71. The molecule has 1 aliphatic carbocycles. The molecule has 25 heavy (non-hydrogen) atoms. The Hall–Kier alpha value is -1.45. The molecule has 1 saturated carbocycles. The Bertz CT molecular complexity index is 772. The van der Waals surface area contributed by atoms with Gasteiger partial charge in [-0.05, 0) is 18.9 Å². The monoisotopic (exact) mass is 386 g/mol. The number of carboxylic acid groups (broad SMARTS) is 1. The average Bonchev–Trinajstić information content (AvgIpc) is 3.24. The average molecular weight is 386 g/mol. The number of piperazine rings is 1. The fourth-order valence-corrected chi connectivity index (χ4v) is 6.30. The third-order valence-corrected chi connectivity index (χ3v) is 8.48. The van der Waals surface area contributed by atoms with Crippen molar-refractivity contribution in [1.29, 1.82) is 0 Å². The van der Waals surface area contributed by atoms with Gasteiger partial charge in [0.15, 0.2) is 0 Å². The van der Waals surface area contributed by atoms with Crippen LogP contribution in [0.15, 0.2) is 15.7 Å². The third-order valence-electron chi connectivity index (χ3n) is 5.17. The van der Waals surface area contributed by atoms with Gasteiger partial charge in [0.05, 0.1) is 5.56 Å². The van der Waals surface area contributed by atoms with Gasteiger partial charge in [-0.15, -0.1) is 11.3 Å². The number of rotatable bonds is 4. The first-order valence-corrected chi connectivity index (χ1v) is 10.7. The predicted octanol–water partition coefficient (Wildman–Crippen LogP) is 1.86. The van der Waals surface area contributed by atoms with Crippen LogP contribution in [0.3, 0.4) is 0 Å². The number of hydrogen-bond donors (Lipinski definition) is 1. The van der Waals surface area contributed by atoms with Gasteiger partial charge < -0.3 is 10.0 Å². The molecule has 1 aromatic rings. The van der Waals surface area contributed by atoms with Crippen LogP contribution in [0.2, 0.25) is 0 Å². The molecule has 2 heterocycles. The zero-order valence-electron chi connectivity index (χ0n) is 14.1. The van der Waals surface area contributed by atoms with Gasteiger partial charge in [0, 0.05) is 37.0 Å². The van der Waals surface area contributed by atoms with Crippen LogP contribution >= 0.6 is 11.3 Å². The van der Waals surface area contributed by atoms with Crippen LogP contribution in [0.1, 0.15) is 43.0 Å². The van der Waals surface area contributed by atoms with Crippen LogP contribution in [0.4, 0.5) is 0 Å². The summed E-state index contributed by atoms with van der Waals surface area (Å²) < 4.78 is 26.7. The number of carboxylic acids is 1. The van der Waals surface area contributed by atoms with E-state index in [9.17, 15) is 18.0 Å². The number of sulfonamides is 1. The Morgan fingerprint density at radius 1 is 1.16 bits per heavy atom. The van der Waals surface area contributed by atoms with Crippen molar-refractivity contribution in [2.45, 2.75) is 36.8 Å². The third kappa shape index (κ3) is 3.45. The largest absolute Gasteiger partial charge is 0.478 e. The SMILES string of the molecule is CC1(C(=O)N2CCN(S(=O)(=O)c3cc(C(=O)O)cs3)CC2)CCCC1. The van der Waals surface area contributed by atoms with Crippen molar-refractivity contribution >= 4 is 33.2 Å². The standard InChI is InChI=1S/C16H22N2O5S2/c1-16(4-2-3-5-16)15(21)17-6-8-18(9-7-17)25(22,23)13-10-12(11-24-13)14(19)20/h10-11H,2-9H2,1H3,(H,19,20). The van der Waals surface area contributed by atoms with Crippen LogP contribution in [0.25, 0.3) is 0 Å². The van der Waals surface area contributed by atoms with Crippen molar-refractivity contribution in [3.63, 3.8) is 0 Å². The summed E-state index contributed by atoms with van der Waals surface area (Å²) >= 11 is 0.914. The maximum atomic E-state index is 12.7. The molecular formula is C16H22N2O5S2. The van der Waals surface area contributed by atoms with Gasteiger partial charge in [0.2, 0.25) is 5.91 Å². The lowest BCUT2D eigenvalue weighted by Crippen LogP contribution is -2.53. The molecule has 2 fully saturated rings. The molecule has 0 atom stereocenters. The predicted molar refractivity (Wildman–Crippen MR) is 93.2 cm³/mol. The molecule has 1 amide bonds. The first-order valence-electron chi connectivity index (χ1n) is 8.35. The van der Waals surface area contributed by atoms with E-state index in [1.165, 1.54) is 15.8 Å². The molecule has 1 saturated heterocycles. The number of hydrogen-bond acceptors (Lipinski definition) is 5. The zero-order chi connectivity index (χ0) is 18.2. The summed E-state index contributed by atoms with van der Waals surface area (Å²) in [6.45, 7) is 3.25. The Morgan fingerprint density at radius 2 is 1.76 bits per heavy atom. The molecule has 0 bridgehead atoms. The number of aromatic carboxylic acids is 1. The van der Waals surface area contributed by atoms with Crippen LogP contribution in [-0.4, -0.2) is 60.8 Å². The fraction of sp³-hybridized carbons (Fsp3) is 0.625. The fourth-order valence-electron chi connectivity index (χ4n) is 3.57. The van der Waals surface area contributed by atoms with E-state index in [0.717, 1.165) is 37.0 Å². The second kappa shape index (κ2) is 6.69. The molecule has 1 aliphatic heterocycles. The molecule has 0 spiro atoms. The molecule has 138 valence electrons. The Labute approximate surface area is 151 Å². The minimum atomic E-state index is -3.71. The quantitative estimate of drug-likeness (QED) is 0.852. The van der Waals surface area contributed by atoms with E-state index in [4.69, 9.17) is 5.11 Å². The van der Waals surface area contributed by atoms with Gasteiger partial charge >= 0.3 is 5.97 Å². The molecule has 1 aromatic heterocycles. The molecule has 0 radical (unpaired) electrons. The van der Waals surface area contributed by atoms with Gasteiger partial charge in [0.25, 0.3) is 10.0 Å². The van der Waals surface area contributed by atoms with Gasteiger partial charge in [-0.1, -0.05) is 19.8 Å². The number of nitrogens with zero attached hydrogens (tertiary/aromatic N) is 2. The van der Waals surface area contributed by atoms with Crippen molar-refractivity contribution in [2.75, 3.05) is 26.2 Å². The molecule has 3 rings (SSSR count). The molecule has 2 aliphatic rings. The Morgan fingerprint density at radius 3 is 2.28 bits per heavy atom. The molecule has 9 heteroatoms. The van der Waals surface area contributed by atoms with E-state index in [0.29, 0.717) is 13.1 Å². The summed E-state index contributed by atoms with van der Waals surface area (Å²) in [5, 5.41) is 10.3. The molecule has 0 unspecified atom stereocenters. The topological polar surface area (TPSA) is 95.0 Å². The van der Waals surface area contributed by atoms with E-state index in [1.54, 1.807) is 4.90 Å². The Kier molecular flexibility index (Phi) is 4.91. The highest BCUT2D eigenvalue weighted by molar-refractivity contribution is 7.91. The van der Waals surface area contributed by atoms with Crippen LogP contribution < -0.4 is 0 Å². The van der Waals surface area contributed by atoms with Gasteiger partial charge in [-0.25, -0.2) is 13.2 Å². The van der Waals surface area contributed by atoms with Crippen molar-refractivity contribution < 1.29 is 23.1 Å². The number of thiophene rings is 1. The number of amides is 1. The number of carbonyl (C=O) groups excluding carboxylic acids is 1. The normalized spacial score (nSPS) is 21.4. The van der Waals surface area contributed by atoms with Gasteiger partial charge in [-0.3, -0.25) is 4.79 Å². The maximum absolute atomic E-state index is 12.7. The van der Waals surface area contributed by atoms with Crippen LogP contribution in [0.5, 0.6) is 0 Å². The smallest absolute Gasteiger partial charge is 0.336 e. The first kappa shape index (κ1) is 18.3. The molecule has 7 nitrogen and oxygen atoms in total. The van der Waals surface area contributed by atoms with E-state index in [2.05, 4.69) is 0 Å². The van der Waals surface area contributed by atoms with E-state index in [1.807, 2.05) is 6.92 Å². The van der Waals surface area contributed by atoms with Crippen molar-refractivity contribution in [3.05, 3.63) is 17.0 Å². The summed E-state index contributed by atoms with van der Waals surface area (Å²) in [6, 6.07) is 1.19. The minimum Gasteiger partial charge on any atom is -0.478 e. The van der Waals surface area contributed by atoms with Crippen molar-refractivity contribution in [1.82, 2.24) is 9.21 Å². The van der Waals surface area contributed by atoms with E-state index >= 15 is 0 Å². The Balaban J connectivity index is 1.66. The van der Waals surface area contributed by atoms with E-state index < -0.39 is 16.0 Å². The van der Waals surface area contributed by atoms with Crippen LogP contribution in [-0.2, 0) is 14.8 Å². The highest BCUT2D eigenvalue weighted by Crippen LogP contribution is 2.39. The van der Waals surface area contributed by atoms with Gasteiger partial charge in [-0.2, -0.15) is 4.31 Å². The highest BCUT2D eigenvalue weighted by Gasteiger charge is 2.41. The van der Waals surface area contributed by atoms with Crippen molar-refractivity contribution in [3.8, 4) is 0 Å². The summed E-state index contributed by atoms with van der Waals surface area (Å²) in [6.07, 6.45) is 3.94. The second-order valence-electron chi connectivity index (χ2n) is 6.92. The molecule has 1 N–H and O–H groups in total. The van der Waals surface area contributed by atoms with Gasteiger partial charge in [0.1, 0.15) is 4.21 Å². The highest BCUT2D eigenvalue weighted by atomic mass is 32.2. The number of carbonyl (C=O) groups is 2. The lowest BCUT2D eigenvalue weighted by atomic mass is 9.87. The van der Waals surface area contributed by atoms with Crippen molar-refractivity contribution in [2.24, 2.45) is 5.41 Å². The zero-order valence-corrected chi connectivity index (χ0v) is 15.7.